The fourth-order valence-electron chi connectivity index (χ4n) is 1.89. The Hall–Kier alpha value is -0.910. The lowest BCUT2D eigenvalue weighted by Gasteiger charge is -2.14. The second-order valence-electron chi connectivity index (χ2n) is 4.25. The molecule has 0 radical (unpaired) electrons. The van der Waals surface area contributed by atoms with Gasteiger partial charge >= 0.3 is 0 Å². The van der Waals surface area contributed by atoms with E-state index < -0.39 is 0 Å². The van der Waals surface area contributed by atoms with Crippen LogP contribution in [0.25, 0.3) is 0 Å². The number of halogens is 3. The van der Waals surface area contributed by atoms with Gasteiger partial charge in [0.1, 0.15) is 0 Å². The zero-order valence-electron chi connectivity index (χ0n) is 11.5. The van der Waals surface area contributed by atoms with Crippen molar-refractivity contribution in [3.8, 4) is 11.5 Å². The summed E-state index contributed by atoms with van der Waals surface area (Å²) in [6.45, 7) is 0.583. The minimum absolute atomic E-state index is 0.549. The van der Waals surface area contributed by atoms with Gasteiger partial charge < -0.3 is 14.8 Å². The minimum atomic E-state index is 0.549. The highest BCUT2D eigenvalue weighted by molar-refractivity contribution is 9.11. The Morgan fingerprint density at radius 2 is 1.86 bits per heavy atom. The van der Waals surface area contributed by atoms with E-state index in [0.29, 0.717) is 23.1 Å². The molecule has 0 aliphatic heterocycles. The highest BCUT2D eigenvalue weighted by Crippen LogP contribution is 2.37. The number of ether oxygens (including phenoxy) is 2. The molecule has 0 aliphatic rings. The van der Waals surface area contributed by atoms with E-state index in [4.69, 9.17) is 21.1 Å². The van der Waals surface area contributed by atoms with Gasteiger partial charge in [-0.3, -0.25) is 0 Å². The maximum Gasteiger partial charge on any atom is 0.179 e. The molecule has 0 atom stereocenters. The molecule has 2 aromatic rings. The van der Waals surface area contributed by atoms with Crippen LogP contribution in [0.4, 0.5) is 5.69 Å². The molecule has 6 heteroatoms. The molecule has 0 aromatic heterocycles. The molecule has 21 heavy (non-hydrogen) atoms. The second-order valence-corrected chi connectivity index (χ2v) is 6.40. The van der Waals surface area contributed by atoms with Crippen LogP contribution in [0.3, 0.4) is 0 Å². The summed E-state index contributed by atoms with van der Waals surface area (Å²) in [5, 5.41) is 3.89. The van der Waals surface area contributed by atoms with Gasteiger partial charge in [0.25, 0.3) is 0 Å². The van der Waals surface area contributed by atoms with Crippen LogP contribution in [0.2, 0.25) is 5.02 Å². The Morgan fingerprint density at radius 1 is 1.10 bits per heavy atom. The van der Waals surface area contributed by atoms with Gasteiger partial charge in [-0.2, -0.15) is 0 Å². The van der Waals surface area contributed by atoms with Crippen LogP contribution in [0.1, 0.15) is 5.56 Å². The van der Waals surface area contributed by atoms with Crippen molar-refractivity contribution >= 4 is 49.1 Å². The number of benzene rings is 2. The van der Waals surface area contributed by atoms with Gasteiger partial charge in [-0.15, -0.1) is 0 Å². The van der Waals surface area contributed by atoms with Crippen molar-refractivity contribution in [2.75, 3.05) is 19.5 Å². The molecule has 0 spiro atoms. The molecule has 0 bridgehead atoms. The minimum Gasteiger partial charge on any atom is -0.493 e. The van der Waals surface area contributed by atoms with Gasteiger partial charge in [-0.05, 0) is 45.8 Å². The lowest BCUT2D eigenvalue weighted by molar-refractivity contribution is 0.355. The Kier molecular flexibility index (Phi) is 5.79. The second kappa shape index (κ2) is 7.38. The van der Waals surface area contributed by atoms with E-state index in [1.165, 1.54) is 0 Å². The molecular weight excluding hydrogens is 421 g/mol. The number of hydrogen-bond acceptors (Lipinski definition) is 3. The van der Waals surface area contributed by atoms with E-state index in [1.54, 1.807) is 14.2 Å². The highest BCUT2D eigenvalue weighted by atomic mass is 79.9. The third kappa shape index (κ3) is 3.84. The van der Waals surface area contributed by atoms with Crippen molar-refractivity contribution < 1.29 is 9.47 Å². The Labute approximate surface area is 145 Å². The van der Waals surface area contributed by atoms with Gasteiger partial charge in [-0.25, -0.2) is 0 Å². The molecule has 3 nitrogen and oxygen atoms in total. The Morgan fingerprint density at radius 3 is 2.48 bits per heavy atom. The average Bonchev–Trinajstić information content (AvgIpc) is 2.47. The van der Waals surface area contributed by atoms with Crippen molar-refractivity contribution in [2.45, 2.75) is 6.54 Å². The van der Waals surface area contributed by atoms with Crippen molar-refractivity contribution in [3.63, 3.8) is 0 Å². The lowest BCUT2D eigenvalue weighted by Crippen LogP contribution is -2.02. The van der Waals surface area contributed by atoms with E-state index >= 15 is 0 Å². The van der Waals surface area contributed by atoms with Crippen LogP contribution < -0.4 is 14.8 Å². The third-order valence-corrected chi connectivity index (χ3v) is 4.53. The van der Waals surface area contributed by atoms with Crippen LogP contribution in [-0.2, 0) is 6.54 Å². The Bertz CT molecular complexity index is 650. The molecule has 2 rings (SSSR count). The van der Waals surface area contributed by atoms with E-state index in [2.05, 4.69) is 37.2 Å². The molecule has 0 fully saturated rings. The molecule has 1 N–H and O–H groups in total. The quantitative estimate of drug-likeness (QED) is 0.673. The number of nitrogens with one attached hydrogen (secondary N) is 1. The fraction of sp³-hybridized carbons (Fsp3) is 0.200. The van der Waals surface area contributed by atoms with Crippen LogP contribution >= 0.6 is 43.5 Å². The summed E-state index contributed by atoms with van der Waals surface area (Å²) in [5.74, 6) is 1.17. The first-order valence-electron chi connectivity index (χ1n) is 6.15. The number of anilines is 1. The molecule has 0 heterocycles. The number of rotatable bonds is 5. The van der Waals surface area contributed by atoms with Gasteiger partial charge in [0.15, 0.2) is 11.5 Å². The smallest absolute Gasteiger partial charge is 0.179 e. The summed E-state index contributed by atoms with van der Waals surface area (Å²) in [6.07, 6.45) is 0. The van der Waals surface area contributed by atoms with E-state index in [1.807, 2.05) is 30.3 Å². The topological polar surface area (TPSA) is 30.5 Å². The van der Waals surface area contributed by atoms with Gasteiger partial charge in [-0.1, -0.05) is 33.6 Å². The summed E-state index contributed by atoms with van der Waals surface area (Å²) >= 11 is 13.3. The average molecular weight is 436 g/mol. The monoisotopic (exact) mass is 433 g/mol. The van der Waals surface area contributed by atoms with Crippen molar-refractivity contribution in [1.82, 2.24) is 0 Å². The van der Waals surface area contributed by atoms with Crippen molar-refractivity contribution in [1.29, 1.82) is 0 Å². The van der Waals surface area contributed by atoms with Gasteiger partial charge in [0.05, 0.1) is 19.2 Å². The molecule has 0 saturated carbocycles. The van der Waals surface area contributed by atoms with Crippen molar-refractivity contribution in [2.24, 2.45) is 0 Å². The van der Waals surface area contributed by atoms with E-state index in [-0.39, 0.29) is 0 Å². The first-order chi connectivity index (χ1) is 10.1. The first-order valence-corrected chi connectivity index (χ1v) is 8.11. The predicted octanol–water partition coefficient (Wildman–Crippen LogP) is 5.49. The summed E-state index contributed by atoms with van der Waals surface area (Å²) < 4.78 is 12.5. The highest BCUT2D eigenvalue weighted by Gasteiger charge is 2.13. The van der Waals surface area contributed by atoms with Crippen LogP contribution in [0.5, 0.6) is 11.5 Å². The Balaban J connectivity index is 2.20. The van der Waals surface area contributed by atoms with Gasteiger partial charge in [0, 0.05) is 21.2 Å². The standard InChI is InChI=1S/C15H14Br2ClNO2/c1-20-13-6-3-9(14(18)15(13)21-2)8-19-12-5-4-10(16)7-11(12)17/h3-7,19H,8H2,1-2H3. The lowest BCUT2D eigenvalue weighted by atomic mass is 10.2. The molecule has 2 aromatic carbocycles. The summed E-state index contributed by atoms with van der Waals surface area (Å²) in [5.41, 5.74) is 1.92. The molecule has 112 valence electrons. The fourth-order valence-corrected chi connectivity index (χ4v) is 3.38. The maximum atomic E-state index is 6.36. The van der Waals surface area contributed by atoms with E-state index in [9.17, 15) is 0 Å². The van der Waals surface area contributed by atoms with Crippen molar-refractivity contribution in [3.05, 3.63) is 49.9 Å². The third-order valence-electron chi connectivity index (χ3n) is 2.97. The molecule has 0 saturated heterocycles. The van der Waals surface area contributed by atoms with E-state index in [0.717, 1.165) is 20.2 Å². The number of methoxy groups -OCH3 is 2. The molecule has 0 aliphatic carbocycles. The predicted molar refractivity (Wildman–Crippen MR) is 93.7 cm³/mol. The SMILES string of the molecule is COc1ccc(CNc2ccc(Br)cc2Br)c(Cl)c1OC. The number of hydrogen-bond donors (Lipinski definition) is 1. The zero-order chi connectivity index (χ0) is 15.4. The molecular formula is C15H14Br2ClNO2. The molecule has 0 unspecified atom stereocenters. The zero-order valence-corrected chi connectivity index (χ0v) is 15.5. The summed E-state index contributed by atoms with van der Waals surface area (Å²) in [7, 11) is 3.16. The van der Waals surface area contributed by atoms with Crippen LogP contribution in [-0.4, -0.2) is 14.2 Å². The summed E-state index contributed by atoms with van der Waals surface area (Å²) in [4.78, 5) is 0. The first kappa shape index (κ1) is 16.5. The van der Waals surface area contributed by atoms with Crippen LogP contribution in [0, 0.1) is 0 Å². The van der Waals surface area contributed by atoms with Gasteiger partial charge in [0.2, 0.25) is 0 Å². The maximum absolute atomic E-state index is 6.36. The normalized spacial score (nSPS) is 10.3. The molecule has 0 amide bonds. The van der Waals surface area contributed by atoms with Crippen LogP contribution in [0.15, 0.2) is 39.3 Å². The largest absolute Gasteiger partial charge is 0.493 e. The summed E-state index contributed by atoms with van der Waals surface area (Å²) in [6, 6.07) is 9.71.